The van der Waals surface area contributed by atoms with Gasteiger partial charge in [0.2, 0.25) is 0 Å². The van der Waals surface area contributed by atoms with Crippen molar-refractivity contribution < 1.29 is 0 Å². The molecule has 1 aromatic heterocycles. The minimum Gasteiger partial charge on any atom is -0.351 e. The van der Waals surface area contributed by atoms with Gasteiger partial charge in [-0.2, -0.15) is 0 Å². The number of piperazine rings is 1. The molecule has 0 aromatic carbocycles. The van der Waals surface area contributed by atoms with Crippen molar-refractivity contribution in [2.75, 3.05) is 24.5 Å². The maximum atomic E-state index is 4.24. The topological polar surface area (TPSA) is 41.0 Å². The number of nitrogens with one attached hydrogen (secondary N) is 1. The highest BCUT2D eigenvalue weighted by molar-refractivity contribution is 5.38. The molecule has 13 heavy (non-hydrogen) atoms. The van der Waals surface area contributed by atoms with Crippen LogP contribution in [0.25, 0.3) is 0 Å². The molecule has 0 amide bonds. The Labute approximate surface area is 78.0 Å². The Morgan fingerprint density at radius 3 is 3.23 bits per heavy atom. The van der Waals surface area contributed by atoms with Gasteiger partial charge in [-0.25, -0.2) is 9.97 Å². The van der Waals surface area contributed by atoms with Gasteiger partial charge in [-0.3, -0.25) is 0 Å². The Kier molecular flexibility index (Phi) is 2.40. The Morgan fingerprint density at radius 1 is 1.62 bits per heavy atom. The molecule has 0 aliphatic carbocycles. The summed E-state index contributed by atoms with van der Waals surface area (Å²) in [5.41, 5.74) is 0. The van der Waals surface area contributed by atoms with Crippen LogP contribution in [0.2, 0.25) is 0 Å². The van der Waals surface area contributed by atoms with Gasteiger partial charge in [-0.15, -0.1) is 0 Å². The molecule has 1 saturated heterocycles. The molecule has 70 valence electrons. The van der Waals surface area contributed by atoms with Crippen LogP contribution in [0.1, 0.15) is 6.92 Å². The van der Waals surface area contributed by atoms with Gasteiger partial charge in [0.1, 0.15) is 12.1 Å². The molecule has 0 spiro atoms. The zero-order valence-electron chi connectivity index (χ0n) is 7.77. The molecule has 1 aromatic rings. The fourth-order valence-electron chi connectivity index (χ4n) is 1.63. The number of aromatic nitrogens is 2. The van der Waals surface area contributed by atoms with Crippen molar-refractivity contribution in [2.45, 2.75) is 13.0 Å². The van der Waals surface area contributed by atoms with Crippen LogP contribution in [0.15, 0.2) is 18.6 Å². The first-order valence-corrected chi connectivity index (χ1v) is 4.61. The summed E-state index contributed by atoms with van der Waals surface area (Å²) in [7, 11) is 0. The van der Waals surface area contributed by atoms with Gasteiger partial charge in [0.25, 0.3) is 0 Å². The zero-order chi connectivity index (χ0) is 9.10. The van der Waals surface area contributed by atoms with Crippen LogP contribution in [0, 0.1) is 0 Å². The number of nitrogens with zero attached hydrogens (tertiary/aromatic N) is 3. The van der Waals surface area contributed by atoms with E-state index in [0.29, 0.717) is 6.04 Å². The van der Waals surface area contributed by atoms with Crippen molar-refractivity contribution in [1.29, 1.82) is 0 Å². The average Bonchev–Trinajstić information content (AvgIpc) is 2.20. The van der Waals surface area contributed by atoms with Gasteiger partial charge in [-0.1, -0.05) is 0 Å². The van der Waals surface area contributed by atoms with Crippen LogP contribution >= 0.6 is 0 Å². The second-order valence-electron chi connectivity index (χ2n) is 3.31. The molecule has 4 heteroatoms. The molecule has 0 radical (unpaired) electrons. The van der Waals surface area contributed by atoms with Crippen molar-refractivity contribution >= 4 is 5.82 Å². The van der Waals surface area contributed by atoms with Gasteiger partial charge in [0, 0.05) is 31.9 Å². The first kappa shape index (κ1) is 8.44. The fraction of sp³-hybridized carbons (Fsp3) is 0.556. The largest absolute Gasteiger partial charge is 0.351 e. The highest BCUT2D eigenvalue weighted by atomic mass is 15.3. The lowest BCUT2D eigenvalue weighted by Gasteiger charge is -2.34. The van der Waals surface area contributed by atoms with Crippen LogP contribution in [0.4, 0.5) is 5.82 Å². The number of hydrogen-bond donors (Lipinski definition) is 1. The third-order valence-corrected chi connectivity index (χ3v) is 2.36. The van der Waals surface area contributed by atoms with E-state index >= 15 is 0 Å². The summed E-state index contributed by atoms with van der Waals surface area (Å²) in [5.74, 6) is 1.03. The monoisotopic (exact) mass is 178 g/mol. The van der Waals surface area contributed by atoms with Crippen molar-refractivity contribution in [3.8, 4) is 0 Å². The molecule has 0 bridgehead atoms. The number of anilines is 1. The lowest BCUT2D eigenvalue weighted by molar-refractivity contribution is 0.497. The molecule has 1 aliphatic rings. The van der Waals surface area contributed by atoms with Gasteiger partial charge in [0.05, 0.1) is 0 Å². The van der Waals surface area contributed by atoms with Crippen LogP contribution < -0.4 is 10.2 Å². The third kappa shape index (κ3) is 1.78. The summed E-state index contributed by atoms with van der Waals surface area (Å²) in [4.78, 5) is 10.5. The second-order valence-corrected chi connectivity index (χ2v) is 3.31. The highest BCUT2D eigenvalue weighted by Crippen LogP contribution is 2.13. The Balaban J connectivity index is 2.15. The van der Waals surface area contributed by atoms with E-state index in [1.165, 1.54) is 0 Å². The van der Waals surface area contributed by atoms with Crippen molar-refractivity contribution in [3.63, 3.8) is 0 Å². The summed E-state index contributed by atoms with van der Waals surface area (Å²) in [6.07, 6.45) is 3.39. The van der Waals surface area contributed by atoms with E-state index in [9.17, 15) is 0 Å². The quantitative estimate of drug-likeness (QED) is 0.670. The van der Waals surface area contributed by atoms with Crippen LogP contribution in [-0.2, 0) is 0 Å². The summed E-state index contributed by atoms with van der Waals surface area (Å²) >= 11 is 0. The van der Waals surface area contributed by atoms with E-state index in [4.69, 9.17) is 0 Å². The molecule has 1 N–H and O–H groups in total. The maximum Gasteiger partial charge on any atom is 0.132 e. The number of rotatable bonds is 1. The Bertz CT molecular complexity index is 262. The molecule has 2 heterocycles. The molecular formula is C9H14N4. The smallest absolute Gasteiger partial charge is 0.132 e. The molecule has 1 unspecified atom stereocenters. The fourth-order valence-corrected chi connectivity index (χ4v) is 1.63. The summed E-state index contributed by atoms with van der Waals surface area (Å²) in [6, 6.07) is 2.48. The van der Waals surface area contributed by atoms with Crippen LogP contribution in [-0.4, -0.2) is 35.6 Å². The first-order chi connectivity index (χ1) is 6.38. The zero-order valence-corrected chi connectivity index (χ0v) is 7.77. The van der Waals surface area contributed by atoms with E-state index in [0.717, 1.165) is 25.5 Å². The summed E-state index contributed by atoms with van der Waals surface area (Å²) < 4.78 is 0. The van der Waals surface area contributed by atoms with E-state index in [-0.39, 0.29) is 0 Å². The minimum atomic E-state index is 0.517. The highest BCUT2D eigenvalue weighted by Gasteiger charge is 2.18. The van der Waals surface area contributed by atoms with Crippen molar-refractivity contribution in [3.05, 3.63) is 18.6 Å². The van der Waals surface area contributed by atoms with E-state index < -0.39 is 0 Å². The Morgan fingerprint density at radius 2 is 2.54 bits per heavy atom. The molecule has 4 nitrogen and oxygen atoms in total. The molecular weight excluding hydrogens is 164 g/mol. The lowest BCUT2D eigenvalue weighted by Crippen LogP contribution is -2.50. The lowest BCUT2D eigenvalue weighted by atomic mass is 10.2. The second kappa shape index (κ2) is 3.70. The molecule has 1 fully saturated rings. The molecule has 0 saturated carbocycles. The maximum absolute atomic E-state index is 4.24. The van der Waals surface area contributed by atoms with Gasteiger partial charge < -0.3 is 10.2 Å². The van der Waals surface area contributed by atoms with E-state index in [1.54, 1.807) is 12.5 Å². The predicted octanol–water partition coefficient (Wildman–Crippen LogP) is 0.275. The van der Waals surface area contributed by atoms with Crippen LogP contribution in [0.5, 0.6) is 0 Å². The van der Waals surface area contributed by atoms with Crippen LogP contribution in [0.3, 0.4) is 0 Å². The normalized spacial score (nSPS) is 23.2. The summed E-state index contributed by atoms with van der Waals surface area (Å²) in [6.45, 7) is 5.30. The van der Waals surface area contributed by atoms with Crippen molar-refractivity contribution in [2.24, 2.45) is 0 Å². The first-order valence-electron chi connectivity index (χ1n) is 4.61. The van der Waals surface area contributed by atoms with E-state index in [2.05, 4.69) is 27.1 Å². The third-order valence-electron chi connectivity index (χ3n) is 2.36. The van der Waals surface area contributed by atoms with E-state index in [1.807, 2.05) is 6.07 Å². The SMILES string of the molecule is CC1CNCCN1c1ccncn1. The summed E-state index contributed by atoms with van der Waals surface area (Å²) in [5, 5.41) is 3.35. The average molecular weight is 178 g/mol. The Hall–Kier alpha value is -1.16. The number of hydrogen-bond acceptors (Lipinski definition) is 4. The van der Waals surface area contributed by atoms with Gasteiger partial charge >= 0.3 is 0 Å². The standard InChI is InChI=1S/C9H14N4/c1-8-6-10-4-5-13(8)9-2-3-11-7-12-9/h2-3,7-8,10H,4-6H2,1H3. The molecule has 1 aliphatic heterocycles. The molecule has 2 rings (SSSR count). The van der Waals surface area contributed by atoms with Crippen molar-refractivity contribution in [1.82, 2.24) is 15.3 Å². The van der Waals surface area contributed by atoms with Gasteiger partial charge in [0.15, 0.2) is 0 Å². The predicted molar refractivity (Wildman–Crippen MR) is 51.7 cm³/mol. The van der Waals surface area contributed by atoms with Gasteiger partial charge in [-0.05, 0) is 13.0 Å². The minimum absolute atomic E-state index is 0.517. The molecule has 1 atom stereocenters.